The minimum absolute atomic E-state index is 0.280. The molecule has 4 nitrogen and oxygen atoms in total. The number of nitrogens with two attached hydrogens (primary N) is 1. The Bertz CT molecular complexity index is 524. The lowest BCUT2D eigenvalue weighted by atomic mass is 9.84. The highest BCUT2D eigenvalue weighted by Gasteiger charge is 2.35. The Kier molecular flexibility index (Phi) is 5.03. The molecule has 1 aromatic carbocycles. The largest absolute Gasteiger partial charge is 0.444 e. The summed E-state index contributed by atoms with van der Waals surface area (Å²) in [6.07, 6.45) is 2.24. The molecule has 0 spiro atoms. The van der Waals surface area contributed by atoms with Crippen molar-refractivity contribution in [1.82, 2.24) is 4.90 Å². The fraction of sp³-hybridized carbons (Fsp3) is 0.588. The van der Waals surface area contributed by atoms with Gasteiger partial charge in [-0.3, -0.25) is 0 Å². The molecule has 1 atom stereocenters. The highest BCUT2D eigenvalue weighted by Crippen LogP contribution is 2.25. The maximum absolute atomic E-state index is 12.2. The molecule has 0 radical (unpaired) electrons. The van der Waals surface area contributed by atoms with E-state index in [-0.39, 0.29) is 6.09 Å². The van der Waals surface area contributed by atoms with Crippen LogP contribution < -0.4 is 5.73 Å². The number of carbonyl (C=O) groups is 1. The second-order valence-electron chi connectivity index (χ2n) is 7.17. The van der Waals surface area contributed by atoms with Crippen LogP contribution in [0.3, 0.4) is 0 Å². The number of hydrogen-bond acceptors (Lipinski definition) is 3. The third kappa shape index (κ3) is 4.89. The van der Waals surface area contributed by atoms with Gasteiger partial charge in [-0.25, -0.2) is 4.79 Å². The van der Waals surface area contributed by atoms with E-state index in [9.17, 15) is 4.79 Å². The van der Waals surface area contributed by atoms with E-state index in [4.69, 9.17) is 22.1 Å². The van der Waals surface area contributed by atoms with Gasteiger partial charge in [-0.15, -0.1) is 0 Å². The summed E-state index contributed by atoms with van der Waals surface area (Å²) in [6, 6.07) is 7.72. The maximum Gasteiger partial charge on any atom is 0.410 e. The summed E-state index contributed by atoms with van der Waals surface area (Å²) < 4.78 is 5.45. The predicted octanol–water partition coefficient (Wildman–Crippen LogP) is 3.61. The second kappa shape index (κ2) is 6.47. The SMILES string of the molecule is CC(C)(C)OC(=O)N1CCCC(N)(Cc2ccc(Cl)cc2)C1. The van der Waals surface area contributed by atoms with E-state index in [0.29, 0.717) is 18.1 Å². The summed E-state index contributed by atoms with van der Waals surface area (Å²) in [6.45, 7) is 6.84. The lowest BCUT2D eigenvalue weighted by Gasteiger charge is -2.40. The van der Waals surface area contributed by atoms with Crippen LogP contribution in [0.1, 0.15) is 39.2 Å². The number of benzene rings is 1. The molecule has 0 saturated carbocycles. The molecule has 2 N–H and O–H groups in total. The number of likely N-dealkylation sites (tertiary alicyclic amines) is 1. The summed E-state index contributed by atoms with van der Waals surface area (Å²) in [5.41, 5.74) is 6.78. The highest BCUT2D eigenvalue weighted by atomic mass is 35.5. The topological polar surface area (TPSA) is 55.6 Å². The molecule has 5 heteroatoms. The van der Waals surface area contributed by atoms with Crippen LogP contribution in [0.2, 0.25) is 5.02 Å². The average molecular weight is 325 g/mol. The van der Waals surface area contributed by atoms with Crippen LogP contribution in [-0.2, 0) is 11.2 Å². The number of halogens is 1. The Balaban J connectivity index is 2.02. The zero-order valence-electron chi connectivity index (χ0n) is 13.6. The molecule has 1 saturated heterocycles. The molecule has 1 aliphatic rings. The smallest absolute Gasteiger partial charge is 0.410 e. The minimum Gasteiger partial charge on any atom is -0.444 e. The van der Waals surface area contributed by atoms with E-state index >= 15 is 0 Å². The molecule has 1 fully saturated rings. The summed E-state index contributed by atoms with van der Waals surface area (Å²) in [5, 5.41) is 0.717. The molecule has 1 heterocycles. The molecule has 1 aromatic rings. The van der Waals surface area contributed by atoms with E-state index in [2.05, 4.69) is 0 Å². The molecular formula is C17H25ClN2O2. The second-order valence-corrected chi connectivity index (χ2v) is 7.61. The van der Waals surface area contributed by atoms with Crippen LogP contribution in [0.5, 0.6) is 0 Å². The zero-order chi connectivity index (χ0) is 16.4. The summed E-state index contributed by atoms with van der Waals surface area (Å²) in [5.74, 6) is 0. The van der Waals surface area contributed by atoms with Gasteiger partial charge >= 0.3 is 6.09 Å². The lowest BCUT2D eigenvalue weighted by molar-refractivity contribution is 0.0140. The number of piperidine rings is 1. The molecular weight excluding hydrogens is 300 g/mol. The Hall–Kier alpha value is -1.26. The van der Waals surface area contributed by atoms with E-state index in [1.54, 1.807) is 4.90 Å². The van der Waals surface area contributed by atoms with Crippen molar-refractivity contribution < 1.29 is 9.53 Å². The number of ether oxygens (including phenoxy) is 1. The maximum atomic E-state index is 12.2. The zero-order valence-corrected chi connectivity index (χ0v) is 14.3. The first-order chi connectivity index (χ1) is 10.2. The average Bonchev–Trinajstić information content (AvgIpc) is 2.39. The predicted molar refractivity (Wildman–Crippen MR) is 89.1 cm³/mol. The Labute approximate surface area is 137 Å². The quantitative estimate of drug-likeness (QED) is 0.904. The Morgan fingerprint density at radius 2 is 2.00 bits per heavy atom. The Morgan fingerprint density at radius 1 is 1.36 bits per heavy atom. The highest BCUT2D eigenvalue weighted by molar-refractivity contribution is 6.30. The van der Waals surface area contributed by atoms with Crippen molar-refractivity contribution >= 4 is 17.7 Å². The fourth-order valence-electron chi connectivity index (χ4n) is 2.80. The monoisotopic (exact) mass is 324 g/mol. The van der Waals surface area contributed by atoms with Crippen LogP contribution in [0.15, 0.2) is 24.3 Å². The van der Waals surface area contributed by atoms with Gasteiger partial charge in [0.05, 0.1) is 0 Å². The van der Waals surface area contributed by atoms with Crippen molar-refractivity contribution in [3.8, 4) is 0 Å². The van der Waals surface area contributed by atoms with E-state index < -0.39 is 11.1 Å². The van der Waals surface area contributed by atoms with Crippen molar-refractivity contribution in [3.63, 3.8) is 0 Å². The first kappa shape index (κ1) is 17.1. The van der Waals surface area contributed by atoms with Crippen molar-refractivity contribution in [2.24, 2.45) is 5.73 Å². The van der Waals surface area contributed by atoms with Crippen LogP contribution in [0.25, 0.3) is 0 Å². The van der Waals surface area contributed by atoms with Crippen molar-refractivity contribution in [2.75, 3.05) is 13.1 Å². The van der Waals surface area contributed by atoms with Gasteiger partial charge in [0, 0.05) is 23.7 Å². The van der Waals surface area contributed by atoms with Gasteiger partial charge in [0.2, 0.25) is 0 Å². The number of hydrogen-bond donors (Lipinski definition) is 1. The third-order valence-electron chi connectivity index (χ3n) is 3.73. The first-order valence-electron chi connectivity index (χ1n) is 7.68. The minimum atomic E-state index is -0.484. The van der Waals surface area contributed by atoms with Crippen molar-refractivity contribution in [1.29, 1.82) is 0 Å². The van der Waals surface area contributed by atoms with Gasteiger partial charge in [0.15, 0.2) is 0 Å². The van der Waals surface area contributed by atoms with Crippen LogP contribution in [0.4, 0.5) is 4.79 Å². The molecule has 2 rings (SSSR count). The van der Waals surface area contributed by atoms with Gasteiger partial charge in [0.1, 0.15) is 5.60 Å². The van der Waals surface area contributed by atoms with Gasteiger partial charge < -0.3 is 15.4 Å². The van der Waals surface area contributed by atoms with Gasteiger partial charge in [-0.05, 0) is 57.7 Å². The van der Waals surface area contributed by atoms with Crippen molar-refractivity contribution in [3.05, 3.63) is 34.9 Å². The molecule has 0 aromatic heterocycles. The Morgan fingerprint density at radius 3 is 2.59 bits per heavy atom. The molecule has 22 heavy (non-hydrogen) atoms. The summed E-state index contributed by atoms with van der Waals surface area (Å²) in [4.78, 5) is 14.0. The van der Waals surface area contributed by atoms with Gasteiger partial charge in [-0.1, -0.05) is 23.7 Å². The normalized spacial score (nSPS) is 22.5. The van der Waals surface area contributed by atoms with Crippen LogP contribution in [0, 0.1) is 0 Å². The number of rotatable bonds is 2. The molecule has 0 aliphatic carbocycles. The summed E-state index contributed by atoms with van der Waals surface area (Å²) >= 11 is 5.91. The van der Waals surface area contributed by atoms with Crippen LogP contribution in [-0.4, -0.2) is 35.2 Å². The van der Waals surface area contributed by atoms with E-state index in [1.165, 1.54) is 0 Å². The summed E-state index contributed by atoms with van der Waals surface area (Å²) in [7, 11) is 0. The number of amides is 1. The van der Waals surface area contributed by atoms with Gasteiger partial charge in [0.25, 0.3) is 0 Å². The lowest BCUT2D eigenvalue weighted by Crippen LogP contribution is -2.57. The standard InChI is InChI=1S/C17H25ClN2O2/c1-16(2,3)22-15(21)20-10-4-9-17(19,12-20)11-13-5-7-14(18)8-6-13/h5-8H,4,9-12,19H2,1-3H3. The molecule has 1 aliphatic heterocycles. The number of nitrogens with zero attached hydrogens (tertiary/aromatic N) is 1. The molecule has 122 valence electrons. The molecule has 0 bridgehead atoms. The number of carbonyl (C=O) groups excluding carboxylic acids is 1. The first-order valence-corrected chi connectivity index (χ1v) is 8.06. The third-order valence-corrected chi connectivity index (χ3v) is 3.98. The fourth-order valence-corrected chi connectivity index (χ4v) is 2.92. The molecule has 1 amide bonds. The van der Waals surface area contributed by atoms with Crippen molar-refractivity contribution in [2.45, 2.75) is 51.2 Å². The molecule has 1 unspecified atom stereocenters. The van der Waals surface area contributed by atoms with Crippen LogP contribution >= 0.6 is 11.6 Å². The van der Waals surface area contributed by atoms with Gasteiger partial charge in [-0.2, -0.15) is 0 Å². The van der Waals surface area contributed by atoms with E-state index in [0.717, 1.165) is 24.8 Å². The van der Waals surface area contributed by atoms with E-state index in [1.807, 2.05) is 45.0 Å².